The number of aromatic carboxylic acids is 1. The van der Waals surface area contributed by atoms with Crippen molar-refractivity contribution in [2.24, 2.45) is 0 Å². The number of nitriles is 1. The highest BCUT2D eigenvalue weighted by Gasteiger charge is 2.09. The number of carbonyl (C=O) groups is 1. The van der Waals surface area contributed by atoms with Gasteiger partial charge in [0.2, 0.25) is 0 Å². The summed E-state index contributed by atoms with van der Waals surface area (Å²) >= 11 is 0. The molecule has 1 aromatic rings. The minimum absolute atomic E-state index is 0.0148. The van der Waals surface area contributed by atoms with Crippen LogP contribution in [0.5, 0.6) is 0 Å². The van der Waals surface area contributed by atoms with Crippen LogP contribution < -0.4 is 0 Å². The van der Waals surface area contributed by atoms with E-state index in [9.17, 15) is 4.79 Å². The van der Waals surface area contributed by atoms with Crippen LogP contribution in [-0.4, -0.2) is 11.1 Å². The Morgan fingerprint density at radius 3 is 2.77 bits per heavy atom. The molecular weight excluding hydrogens is 168 g/mol. The molecule has 4 heteroatoms. The summed E-state index contributed by atoms with van der Waals surface area (Å²) in [6.07, 6.45) is 0. The number of carboxylic acids is 1. The molecule has 0 unspecified atom stereocenters. The van der Waals surface area contributed by atoms with Crippen molar-refractivity contribution in [2.45, 2.75) is 0 Å². The Morgan fingerprint density at radius 1 is 1.62 bits per heavy atom. The maximum atomic E-state index is 10.6. The van der Waals surface area contributed by atoms with Gasteiger partial charge in [-0.2, -0.15) is 5.26 Å². The second-order valence-electron chi connectivity index (χ2n) is 2.26. The smallest absolute Gasteiger partial charge is 0.336 e. The number of benzene rings is 1. The molecular formula is C9H4N2O2. The van der Waals surface area contributed by atoms with E-state index in [1.54, 1.807) is 6.07 Å². The molecule has 0 aliphatic heterocycles. The largest absolute Gasteiger partial charge is 0.478 e. The Labute approximate surface area is 74.5 Å². The number of hydrogen-bond acceptors (Lipinski definition) is 2. The molecule has 0 aromatic heterocycles. The lowest BCUT2D eigenvalue weighted by atomic mass is 10.1. The number of carboxylic acid groups (broad SMARTS) is 1. The number of nitrogens with zero attached hydrogens (tertiary/aromatic N) is 2. The van der Waals surface area contributed by atoms with Crippen molar-refractivity contribution in [1.29, 1.82) is 5.26 Å². The van der Waals surface area contributed by atoms with Crippen LogP contribution in [0, 0.1) is 17.9 Å². The van der Waals surface area contributed by atoms with Crippen molar-refractivity contribution in [3.8, 4) is 6.07 Å². The van der Waals surface area contributed by atoms with Gasteiger partial charge in [0.15, 0.2) is 5.69 Å². The zero-order valence-corrected chi connectivity index (χ0v) is 6.48. The predicted molar refractivity (Wildman–Crippen MR) is 44.4 cm³/mol. The van der Waals surface area contributed by atoms with E-state index in [4.69, 9.17) is 16.9 Å². The SMILES string of the molecule is [C-]#[N+]c1ccc(C(=O)O)c(C#N)c1. The average molecular weight is 172 g/mol. The lowest BCUT2D eigenvalue weighted by Crippen LogP contribution is -1.98. The molecule has 4 nitrogen and oxygen atoms in total. The summed E-state index contributed by atoms with van der Waals surface area (Å²) in [7, 11) is 0. The predicted octanol–water partition coefficient (Wildman–Crippen LogP) is 1.81. The Kier molecular flexibility index (Phi) is 2.28. The van der Waals surface area contributed by atoms with Gasteiger partial charge in [0.05, 0.1) is 23.8 Å². The van der Waals surface area contributed by atoms with Crippen LogP contribution in [0.15, 0.2) is 18.2 Å². The summed E-state index contributed by atoms with van der Waals surface area (Å²) in [5, 5.41) is 17.2. The summed E-state index contributed by atoms with van der Waals surface area (Å²) < 4.78 is 0. The van der Waals surface area contributed by atoms with Gasteiger partial charge in [0, 0.05) is 0 Å². The first-order valence-corrected chi connectivity index (χ1v) is 3.34. The molecule has 0 saturated heterocycles. The normalized spacial score (nSPS) is 8.46. The molecule has 1 rings (SSSR count). The fraction of sp³-hybridized carbons (Fsp3) is 0. The maximum Gasteiger partial charge on any atom is 0.336 e. The van der Waals surface area contributed by atoms with Gasteiger partial charge in [-0.05, 0) is 6.07 Å². The number of rotatable bonds is 1. The lowest BCUT2D eigenvalue weighted by molar-refractivity contribution is 0.0696. The van der Waals surface area contributed by atoms with Crippen LogP contribution >= 0.6 is 0 Å². The molecule has 1 N–H and O–H groups in total. The minimum atomic E-state index is -1.16. The van der Waals surface area contributed by atoms with Gasteiger partial charge in [0.25, 0.3) is 0 Å². The lowest BCUT2D eigenvalue weighted by Gasteiger charge is -1.97. The molecule has 0 aliphatic rings. The van der Waals surface area contributed by atoms with Gasteiger partial charge in [-0.3, -0.25) is 0 Å². The Bertz CT molecular complexity index is 438. The van der Waals surface area contributed by atoms with Crippen LogP contribution in [0.2, 0.25) is 0 Å². The van der Waals surface area contributed by atoms with E-state index in [-0.39, 0.29) is 16.8 Å². The molecule has 0 radical (unpaired) electrons. The van der Waals surface area contributed by atoms with E-state index in [1.165, 1.54) is 18.2 Å². The van der Waals surface area contributed by atoms with Crippen molar-refractivity contribution >= 4 is 11.7 Å². The minimum Gasteiger partial charge on any atom is -0.478 e. The molecule has 0 heterocycles. The van der Waals surface area contributed by atoms with Crippen LogP contribution in [0.3, 0.4) is 0 Å². The molecule has 0 spiro atoms. The van der Waals surface area contributed by atoms with Gasteiger partial charge in [-0.1, -0.05) is 12.1 Å². The molecule has 0 amide bonds. The first kappa shape index (κ1) is 8.76. The first-order chi connectivity index (χ1) is 6.19. The van der Waals surface area contributed by atoms with Crippen LogP contribution in [-0.2, 0) is 0 Å². The van der Waals surface area contributed by atoms with Crippen molar-refractivity contribution in [3.05, 3.63) is 40.7 Å². The molecule has 13 heavy (non-hydrogen) atoms. The molecule has 0 bridgehead atoms. The van der Waals surface area contributed by atoms with Crippen LogP contribution in [0.4, 0.5) is 5.69 Å². The van der Waals surface area contributed by atoms with E-state index >= 15 is 0 Å². The Hall–Kier alpha value is -2.33. The highest BCUT2D eigenvalue weighted by Crippen LogP contribution is 2.17. The third-order valence-corrected chi connectivity index (χ3v) is 1.48. The Balaban J connectivity index is 3.36. The fourth-order valence-corrected chi connectivity index (χ4v) is 0.881. The van der Waals surface area contributed by atoms with Gasteiger partial charge in [0.1, 0.15) is 0 Å². The molecule has 62 valence electrons. The molecule has 0 atom stereocenters. The van der Waals surface area contributed by atoms with Gasteiger partial charge >= 0.3 is 5.97 Å². The summed E-state index contributed by atoms with van der Waals surface area (Å²) in [5.74, 6) is -1.16. The summed E-state index contributed by atoms with van der Waals surface area (Å²) in [5.41, 5.74) is 0.206. The first-order valence-electron chi connectivity index (χ1n) is 3.34. The van der Waals surface area contributed by atoms with Crippen molar-refractivity contribution < 1.29 is 9.90 Å². The fourth-order valence-electron chi connectivity index (χ4n) is 0.881. The van der Waals surface area contributed by atoms with Crippen molar-refractivity contribution in [2.75, 3.05) is 0 Å². The summed E-state index contributed by atoms with van der Waals surface area (Å²) in [4.78, 5) is 13.6. The van der Waals surface area contributed by atoms with E-state index in [0.29, 0.717) is 0 Å². The zero-order valence-electron chi connectivity index (χ0n) is 6.48. The third-order valence-electron chi connectivity index (χ3n) is 1.48. The molecule has 1 aromatic carbocycles. The van der Waals surface area contributed by atoms with Crippen molar-refractivity contribution in [1.82, 2.24) is 0 Å². The standard InChI is InChI=1S/C9H4N2O2/c1-11-7-2-3-8(9(12)13)6(4-7)5-10/h2-4H,(H,12,13). The topological polar surface area (TPSA) is 65.4 Å². The average Bonchev–Trinajstić information content (AvgIpc) is 2.16. The molecule has 0 aliphatic carbocycles. The van der Waals surface area contributed by atoms with Gasteiger partial charge in [-0.25, -0.2) is 9.64 Å². The Morgan fingerprint density at radius 2 is 2.31 bits per heavy atom. The monoisotopic (exact) mass is 172 g/mol. The van der Waals surface area contributed by atoms with Crippen LogP contribution in [0.1, 0.15) is 15.9 Å². The van der Waals surface area contributed by atoms with Crippen molar-refractivity contribution in [3.63, 3.8) is 0 Å². The summed E-state index contributed by atoms with van der Waals surface area (Å²) in [6, 6.07) is 5.62. The van der Waals surface area contributed by atoms with Crippen LogP contribution in [0.25, 0.3) is 4.85 Å². The van der Waals surface area contributed by atoms with E-state index in [0.717, 1.165) is 0 Å². The second kappa shape index (κ2) is 3.38. The van der Waals surface area contributed by atoms with E-state index in [2.05, 4.69) is 4.85 Å². The molecule has 0 fully saturated rings. The third kappa shape index (κ3) is 1.63. The van der Waals surface area contributed by atoms with Gasteiger partial charge < -0.3 is 5.11 Å². The quantitative estimate of drug-likeness (QED) is 0.657. The highest BCUT2D eigenvalue weighted by atomic mass is 16.4. The van der Waals surface area contributed by atoms with E-state index < -0.39 is 5.97 Å². The van der Waals surface area contributed by atoms with E-state index in [1.807, 2.05) is 0 Å². The number of hydrogen-bond donors (Lipinski definition) is 1. The zero-order chi connectivity index (χ0) is 9.84. The second-order valence-corrected chi connectivity index (χ2v) is 2.26. The highest BCUT2D eigenvalue weighted by molar-refractivity contribution is 5.91. The van der Waals surface area contributed by atoms with Gasteiger partial charge in [-0.15, -0.1) is 0 Å². The molecule has 0 saturated carbocycles. The maximum absolute atomic E-state index is 10.6. The summed E-state index contributed by atoms with van der Waals surface area (Å²) in [6.45, 7) is 6.66.